The maximum absolute atomic E-state index is 13.1. The Morgan fingerprint density at radius 3 is 2.48 bits per heavy atom. The number of carbonyl (C=O) groups is 2. The van der Waals surface area contributed by atoms with Gasteiger partial charge in [-0.2, -0.15) is 0 Å². The van der Waals surface area contributed by atoms with Crippen LogP contribution in [0.4, 0.5) is 14.5 Å². The van der Waals surface area contributed by atoms with Gasteiger partial charge in [0.15, 0.2) is 0 Å². The summed E-state index contributed by atoms with van der Waals surface area (Å²) in [7, 11) is 0. The van der Waals surface area contributed by atoms with E-state index in [-0.39, 0.29) is 18.3 Å². The summed E-state index contributed by atoms with van der Waals surface area (Å²) in [5.41, 5.74) is 6.80. The first-order valence-corrected chi connectivity index (χ1v) is 8.02. The van der Waals surface area contributed by atoms with E-state index in [4.69, 9.17) is 5.73 Å². The van der Waals surface area contributed by atoms with Crippen molar-refractivity contribution in [2.24, 2.45) is 11.7 Å². The van der Waals surface area contributed by atoms with Gasteiger partial charge >= 0.3 is 0 Å². The van der Waals surface area contributed by atoms with Gasteiger partial charge in [0.05, 0.1) is 13.1 Å². The number of benzene rings is 1. The van der Waals surface area contributed by atoms with Crippen molar-refractivity contribution in [3.05, 3.63) is 29.8 Å². The molecule has 1 aliphatic heterocycles. The van der Waals surface area contributed by atoms with Gasteiger partial charge in [-0.1, -0.05) is 26.0 Å². The Morgan fingerprint density at radius 2 is 1.96 bits per heavy atom. The van der Waals surface area contributed by atoms with Crippen molar-refractivity contribution in [1.82, 2.24) is 5.32 Å². The molecule has 25 heavy (non-hydrogen) atoms. The second-order valence-electron chi connectivity index (χ2n) is 6.36. The third-order valence-electron chi connectivity index (χ3n) is 4.21. The lowest BCUT2D eigenvalue weighted by Gasteiger charge is -2.19. The smallest absolute Gasteiger partial charge is 0.277 e. The lowest BCUT2D eigenvalue weighted by atomic mass is 10.0. The Hall–Kier alpha value is -1.73. The number of halogens is 3. The van der Waals surface area contributed by atoms with Crippen LogP contribution in [0.25, 0.3) is 0 Å². The van der Waals surface area contributed by atoms with E-state index < -0.39 is 30.8 Å². The van der Waals surface area contributed by atoms with Crippen LogP contribution in [0.1, 0.15) is 31.7 Å². The second-order valence-corrected chi connectivity index (χ2v) is 6.36. The van der Waals surface area contributed by atoms with E-state index in [2.05, 4.69) is 19.2 Å². The molecule has 2 amide bonds. The number of amides is 2. The number of nitrogens with two attached hydrogens (primary N) is 1. The third-order valence-corrected chi connectivity index (χ3v) is 4.21. The minimum atomic E-state index is -3.16. The SMILES string of the molecule is CC(C)c1ccc(N2CCC(C(=O)NCC(F)(F)CN)C2=O)cc1.Cl. The Balaban J connectivity index is 0.00000312. The molecule has 1 heterocycles. The van der Waals surface area contributed by atoms with E-state index in [0.717, 1.165) is 5.56 Å². The van der Waals surface area contributed by atoms with Crippen LogP contribution in [0.15, 0.2) is 24.3 Å². The molecule has 0 saturated carbocycles. The quantitative estimate of drug-likeness (QED) is 0.749. The van der Waals surface area contributed by atoms with Gasteiger partial charge in [0, 0.05) is 12.2 Å². The number of nitrogens with zero attached hydrogens (tertiary/aromatic N) is 1. The van der Waals surface area contributed by atoms with E-state index in [1.54, 1.807) is 0 Å². The molecule has 0 radical (unpaired) electrons. The largest absolute Gasteiger partial charge is 0.349 e. The lowest BCUT2D eigenvalue weighted by Crippen LogP contribution is -2.45. The molecule has 1 aromatic rings. The zero-order valence-corrected chi connectivity index (χ0v) is 15.1. The van der Waals surface area contributed by atoms with Crippen LogP contribution in [0.3, 0.4) is 0 Å². The molecule has 1 saturated heterocycles. The Bertz CT molecular complexity index is 608. The first-order chi connectivity index (χ1) is 11.2. The Kier molecular flexibility index (Phi) is 7.31. The number of carbonyl (C=O) groups excluding carboxylic acids is 2. The maximum atomic E-state index is 13.1. The fourth-order valence-corrected chi connectivity index (χ4v) is 2.63. The number of hydrogen-bond donors (Lipinski definition) is 2. The predicted octanol–water partition coefficient (Wildman–Crippen LogP) is 2.29. The van der Waals surface area contributed by atoms with Crippen LogP contribution in [0, 0.1) is 5.92 Å². The monoisotopic (exact) mass is 375 g/mol. The van der Waals surface area contributed by atoms with Gasteiger partial charge in [-0.25, -0.2) is 8.78 Å². The minimum absolute atomic E-state index is 0. The fourth-order valence-electron chi connectivity index (χ4n) is 2.63. The van der Waals surface area contributed by atoms with Crippen molar-refractivity contribution in [3.8, 4) is 0 Å². The molecular formula is C17H24ClF2N3O2. The molecule has 8 heteroatoms. The van der Waals surface area contributed by atoms with Crippen LogP contribution in [0.5, 0.6) is 0 Å². The van der Waals surface area contributed by atoms with Gasteiger partial charge in [-0.15, -0.1) is 12.4 Å². The molecule has 0 spiro atoms. The summed E-state index contributed by atoms with van der Waals surface area (Å²) >= 11 is 0. The van der Waals surface area contributed by atoms with E-state index in [9.17, 15) is 18.4 Å². The molecule has 5 nitrogen and oxygen atoms in total. The van der Waals surface area contributed by atoms with Crippen molar-refractivity contribution in [2.75, 3.05) is 24.5 Å². The first kappa shape index (κ1) is 21.3. The van der Waals surface area contributed by atoms with Gasteiger partial charge in [-0.3, -0.25) is 9.59 Å². The number of hydrogen-bond acceptors (Lipinski definition) is 3. The molecule has 2 rings (SSSR count). The number of nitrogens with one attached hydrogen (secondary N) is 1. The molecule has 3 N–H and O–H groups in total. The third kappa shape index (κ3) is 5.12. The average Bonchev–Trinajstić information content (AvgIpc) is 2.94. The second kappa shape index (κ2) is 8.58. The summed E-state index contributed by atoms with van der Waals surface area (Å²) in [4.78, 5) is 25.9. The van der Waals surface area contributed by atoms with Gasteiger partial charge in [0.2, 0.25) is 11.8 Å². The minimum Gasteiger partial charge on any atom is -0.349 e. The van der Waals surface area contributed by atoms with Crippen molar-refractivity contribution >= 4 is 29.9 Å². The zero-order valence-electron chi connectivity index (χ0n) is 14.3. The Morgan fingerprint density at radius 1 is 1.36 bits per heavy atom. The predicted molar refractivity (Wildman–Crippen MR) is 95.3 cm³/mol. The highest BCUT2D eigenvalue weighted by Gasteiger charge is 2.38. The van der Waals surface area contributed by atoms with E-state index in [1.807, 2.05) is 24.3 Å². The van der Waals surface area contributed by atoms with Gasteiger partial charge in [0.25, 0.3) is 5.92 Å². The number of anilines is 1. The normalized spacial score (nSPS) is 17.6. The molecule has 0 aromatic heterocycles. The van der Waals surface area contributed by atoms with Crippen molar-refractivity contribution in [3.63, 3.8) is 0 Å². The molecule has 1 aliphatic rings. The van der Waals surface area contributed by atoms with Crippen molar-refractivity contribution in [1.29, 1.82) is 0 Å². The van der Waals surface area contributed by atoms with Crippen molar-refractivity contribution in [2.45, 2.75) is 32.1 Å². The van der Waals surface area contributed by atoms with Gasteiger partial charge in [-0.05, 0) is 30.0 Å². The molecule has 1 aromatic carbocycles. The molecule has 0 bridgehead atoms. The summed E-state index contributed by atoms with van der Waals surface area (Å²) in [6.07, 6.45) is 0.310. The van der Waals surface area contributed by atoms with Crippen LogP contribution < -0.4 is 16.0 Å². The molecule has 1 atom stereocenters. The summed E-state index contributed by atoms with van der Waals surface area (Å²) in [5.74, 6) is -4.74. The van der Waals surface area contributed by atoms with Crippen LogP contribution >= 0.6 is 12.4 Å². The van der Waals surface area contributed by atoms with E-state index >= 15 is 0 Å². The van der Waals surface area contributed by atoms with E-state index in [1.165, 1.54) is 4.90 Å². The standard InChI is InChI=1S/C17H23F2N3O2.ClH/c1-11(2)12-3-5-13(6-4-12)22-8-7-14(16(22)24)15(23)21-10-17(18,19)9-20;/h3-6,11,14H,7-10,20H2,1-2H3,(H,21,23);1H. The molecule has 1 fully saturated rings. The number of alkyl halides is 2. The summed E-state index contributed by atoms with van der Waals surface area (Å²) in [6.45, 7) is 2.85. The topological polar surface area (TPSA) is 75.4 Å². The molecule has 0 aliphatic carbocycles. The zero-order chi connectivity index (χ0) is 17.9. The first-order valence-electron chi connectivity index (χ1n) is 8.02. The lowest BCUT2D eigenvalue weighted by molar-refractivity contribution is -0.133. The highest BCUT2D eigenvalue weighted by molar-refractivity contribution is 6.09. The molecular weight excluding hydrogens is 352 g/mol. The van der Waals surface area contributed by atoms with Crippen molar-refractivity contribution < 1.29 is 18.4 Å². The van der Waals surface area contributed by atoms with E-state index in [0.29, 0.717) is 24.6 Å². The van der Waals surface area contributed by atoms with Crippen LogP contribution in [-0.2, 0) is 9.59 Å². The van der Waals surface area contributed by atoms with Crippen LogP contribution in [-0.4, -0.2) is 37.4 Å². The Labute approximate surface area is 152 Å². The van der Waals surface area contributed by atoms with Gasteiger partial charge < -0.3 is 16.0 Å². The van der Waals surface area contributed by atoms with Gasteiger partial charge in [0.1, 0.15) is 5.92 Å². The average molecular weight is 376 g/mol. The summed E-state index contributed by atoms with van der Waals surface area (Å²) < 4.78 is 26.2. The molecule has 1 unspecified atom stereocenters. The maximum Gasteiger partial charge on any atom is 0.277 e. The highest BCUT2D eigenvalue weighted by atomic mass is 35.5. The fraction of sp³-hybridized carbons (Fsp3) is 0.529. The number of rotatable bonds is 6. The summed E-state index contributed by atoms with van der Waals surface area (Å²) in [5, 5.41) is 2.13. The highest BCUT2D eigenvalue weighted by Crippen LogP contribution is 2.27. The van der Waals surface area contributed by atoms with Crippen LogP contribution in [0.2, 0.25) is 0 Å². The molecule has 140 valence electrons. The summed E-state index contributed by atoms with van der Waals surface area (Å²) in [6, 6.07) is 7.58.